The third kappa shape index (κ3) is 3.83. The number of carbonyl (C=O) groups excluding carboxylic acids is 3. The van der Waals surface area contributed by atoms with E-state index in [0.717, 1.165) is 28.6 Å². The Bertz CT molecular complexity index is 950. The molecule has 30 heavy (non-hydrogen) atoms. The number of rotatable bonds is 6. The highest BCUT2D eigenvalue weighted by Crippen LogP contribution is 2.35. The summed E-state index contributed by atoms with van der Waals surface area (Å²) in [4.78, 5) is 38.6. The summed E-state index contributed by atoms with van der Waals surface area (Å²) in [7, 11) is 0. The first-order chi connectivity index (χ1) is 14.4. The molecule has 4 rings (SSSR count). The van der Waals surface area contributed by atoms with Gasteiger partial charge in [-0.3, -0.25) is 15.0 Å². The lowest BCUT2D eigenvalue weighted by molar-refractivity contribution is -0.139. The number of nitrogens with one attached hydrogen (secondary N) is 2. The fourth-order valence-electron chi connectivity index (χ4n) is 3.87. The first-order valence-electron chi connectivity index (χ1n) is 9.99. The predicted molar refractivity (Wildman–Crippen MR) is 114 cm³/mol. The minimum Gasteiger partial charge on any atom is -0.322 e. The lowest BCUT2D eigenvalue weighted by Crippen LogP contribution is -2.51. The summed E-state index contributed by atoms with van der Waals surface area (Å²) in [6.45, 7) is 4.80. The van der Waals surface area contributed by atoms with Gasteiger partial charge >= 0.3 is 6.03 Å². The zero-order chi connectivity index (χ0) is 21.3. The van der Waals surface area contributed by atoms with E-state index in [0.29, 0.717) is 30.5 Å². The number of aromatic nitrogens is 3. The van der Waals surface area contributed by atoms with Gasteiger partial charge in [-0.05, 0) is 50.0 Å². The molecule has 3 heterocycles. The van der Waals surface area contributed by atoms with Gasteiger partial charge < -0.3 is 9.88 Å². The van der Waals surface area contributed by atoms with Crippen molar-refractivity contribution in [2.75, 3.05) is 5.75 Å². The third-order valence-electron chi connectivity index (χ3n) is 5.63. The van der Waals surface area contributed by atoms with Crippen molar-refractivity contribution in [3.05, 3.63) is 17.5 Å². The van der Waals surface area contributed by atoms with Gasteiger partial charge in [-0.2, -0.15) is 5.01 Å². The molecule has 2 aromatic rings. The maximum atomic E-state index is 12.8. The third-order valence-corrected chi connectivity index (χ3v) is 7.47. The molecule has 0 bridgehead atoms. The van der Waals surface area contributed by atoms with Crippen molar-refractivity contribution in [2.24, 2.45) is 5.92 Å². The number of urea groups is 1. The highest BCUT2D eigenvalue weighted by molar-refractivity contribution is 7.99. The molecular formula is C19H24N6O3S2. The van der Waals surface area contributed by atoms with Gasteiger partial charge in [-0.1, -0.05) is 24.8 Å². The van der Waals surface area contributed by atoms with Gasteiger partial charge in [0.15, 0.2) is 11.0 Å². The normalized spacial score (nSPS) is 23.8. The SMILES string of the molecule is CCn1c(SCC(=O)NN2C(=O)NC3(CCC(C)CC3)C2=O)nnc1-c1cccs1. The van der Waals surface area contributed by atoms with E-state index in [1.165, 1.54) is 11.8 Å². The summed E-state index contributed by atoms with van der Waals surface area (Å²) in [6, 6.07) is 3.36. The smallest absolute Gasteiger partial charge is 0.322 e. The van der Waals surface area contributed by atoms with Crippen molar-refractivity contribution in [3.63, 3.8) is 0 Å². The largest absolute Gasteiger partial charge is 0.344 e. The van der Waals surface area contributed by atoms with Crippen molar-refractivity contribution >= 4 is 40.9 Å². The number of nitrogens with zero attached hydrogens (tertiary/aromatic N) is 4. The van der Waals surface area contributed by atoms with Crippen LogP contribution in [0.15, 0.2) is 22.7 Å². The molecule has 1 saturated carbocycles. The minimum absolute atomic E-state index is 0.0175. The number of hydrazine groups is 1. The topological polar surface area (TPSA) is 109 Å². The molecule has 2 aliphatic rings. The average molecular weight is 449 g/mol. The Labute approximate surface area is 182 Å². The van der Waals surface area contributed by atoms with Gasteiger partial charge in [0.2, 0.25) is 5.91 Å². The molecule has 11 heteroatoms. The molecule has 4 amide bonds. The molecular weight excluding hydrogens is 424 g/mol. The van der Waals surface area contributed by atoms with Crippen LogP contribution < -0.4 is 10.7 Å². The number of thiophene rings is 1. The van der Waals surface area contributed by atoms with Crippen molar-refractivity contribution in [3.8, 4) is 10.7 Å². The minimum atomic E-state index is -0.873. The molecule has 160 valence electrons. The van der Waals surface area contributed by atoms with Crippen LogP contribution in [0.25, 0.3) is 10.7 Å². The number of hydrogen-bond donors (Lipinski definition) is 2. The first kappa shape index (κ1) is 20.9. The molecule has 2 N–H and O–H groups in total. The van der Waals surface area contributed by atoms with Crippen LogP contribution in [-0.4, -0.2) is 48.9 Å². The Balaban J connectivity index is 1.38. The van der Waals surface area contributed by atoms with Gasteiger partial charge in [0.05, 0.1) is 10.6 Å². The van der Waals surface area contributed by atoms with Gasteiger partial charge in [0.25, 0.3) is 5.91 Å². The molecule has 1 aliphatic carbocycles. The summed E-state index contributed by atoms with van der Waals surface area (Å²) in [6.07, 6.45) is 2.96. The predicted octanol–water partition coefficient (Wildman–Crippen LogP) is 2.65. The van der Waals surface area contributed by atoms with Gasteiger partial charge in [-0.15, -0.1) is 21.5 Å². The van der Waals surface area contributed by atoms with E-state index in [1.54, 1.807) is 11.3 Å². The van der Waals surface area contributed by atoms with Crippen LogP contribution in [0.4, 0.5) is 4.79 Å². The van der Waals surface area contributed by atoms with Crippen LogP contribution in [0.5, 0.6) is 0 Å². The zero-order valence-electron chi connectivity index (χ0n) is 16.9. The fraction of sp³-hybridized carbons (Fsp3) is 0.526. The van der Waals surface area contributed by atoms with Crippen LogP contribution in [0.2, 0.25) is 0 Å². The van der Waals surface area contributed by atoms with Crippen molar-refractivity contribution in [1.82, 2.24) is 30.5 Å². The molecule has 1 spiro atoms. The Hall–Kier alpha value is -2.40. The number of imide groups is 1. The molecule has 0 aromatic carbocycles. The van der Waals surface area contributed by atoms with E-state index in [1.807, 2.05) is 29.0 Å². The lowest BCUT2D eigenvalue weighted by atomic mass is 9.77. The second-order valence-corrected chi connectivity index (χ2v) is 9.58. The highest BCUT2D eigenvalue weighted by Gasteiger charge is 2.52. The van der Waals surface area contributed by atoms with Crippen molar-refractivity contribution in [1.29, 1.82) is 0 Å². The number of carbonyl (C=O) groups is 3. The average Bonchev–Trinajstić information content (AvgIpc) is 3.44. The molecule has 0 atom stereocenters. The van der Waals surface area contributed by atoms with Gasteiger partial charge in [-0.25, -0.2) is 4.79 Å². The summed E-state index contributed by atoms with van der Waals surface area (Å²) in [5.41, 5.74) is 1.59. The number of hydrogen-bond acceptors (Lipinski definition) is 7. The molecule has 1 aliphatic heterocycles. The number of thioether (sulfide) groups is 1. The van der Waals surface area contributed by atoms with Crippen LogP contribution in [0, 0.1) is 5.92 Å². The Morgan fingerprint density at radius 3 is 2.80 bits per heavy atom. The molecule has 2 aromatic heterocycles. The first-order valence-corrected chi connectivity index (χ1v) is 11.9. The van der Waals surface area contributed by atoms with Crippen molar-refractivity contribution in [2.45, 2.75) is 56.8 Å². The monoisotopic (exact) mass is 448 g/mol. The quantitative estimate of drug-likeness (QED) is 0.519. The zero-order valence-corrected chi connectivity index (χ0v) is 18.5. The van der Waals surface area contributed by atoms with E-state index in [2.05, 4.69) is 27.9 Å². The second-order valence-electron chi connectivity index (χ2n) is 7.69. The van der Waals surface area contributed by atoms with Crippen LogP contribution >= 0.6 is 23.1 Å². The molecule has 0 unspecified atom stereocenters. The van der Waals surface area contributed by atoms with Gasteiger partial charge in [0.1, 0.15) is 5.54 Å². The standard InChI is InChI=1S/C19H24N6O3S2/c1-3-24-15(13-5-4-10-29-13)21-22-18(24)30-11-14(26)23-25-16(27)19(20-17(25)28)8-6-12(2)7-9-19/h4-5,10,12H,3,6-9,11H2,1-2H3,(H,20,28)(H,23,26). The molecule has 0 radical (unpaired) electrons. The summed E-state index contributed by atoms with van der Waals surface area (Å²) in [5.74, 6) is 0.514. The number of amides is 4. The van der Waals surface area contributed by atoms with E-state index in [4.69, 9.17) is 0 Å². The lowest BCUT2D eigenvalue weighted by Gasteiger charge is -2.33. The second kappa shape index (κ2) is 8.38. The maximum Gasteiger partial charge on any atom is 0.344 e. The van der Waals surface area contributed by atoms with Gasteiger partial charge in [0, 0.05) is 6.54 Å². The highest BCUT2D eigenvalue weighted by atomic mass is 32.2. The summed E-state index contributed by atoms with van der Waals surface area (Å²) < 4.78 is 1.94. The molecule has 1 saturated heterocycles. The van der Waals surface area contributed by atoms with Crippen molar-refractivity contribution < 1.29 is 14.4 Å². The van der Waals surface area contributed by atoms with E-state index >= 15 is 0 Å². The Morgan fingerprint density at radius 1 is 1.37 bits per heavy atom. The fourth-order valence-corrected chi connectivity index (χ4v) is 5.38. The maximum absolute atomic E-state index is 12.8. The van der Waals surface area contributed by atoms with Crippen LogP contribution in [0.3, 0.4) is 0 Å². The summed E-state index contributed by atoms with van der Waals surface area (Å²) >= 11 is 2.80. The van der Waals surface area contributed by atoms with Crippen LogP contribution in [-0.2, 0) is 16.1 Å². The van der Waals surface area contributed by atoms with Crippen LogP contribution in [0.1, 0.15) is 39.5 Å². The Morgan fingerprint density at radius 2 is 2.13 bits per heavy atom. The molecule has 9 nitrogen and oxygen atoms in total. The summed E-state index contributed by atoms with van der Waals surface area (Å²) in [5, 5.41) is 14.7. The molecule has 2 fully saturated rings. The van der Waals surface area contributed by atoms with E-state index < -0.39 is 17.5 Å². The Kier molecular flexibility index (Phi) is 5.83. The van der Waals surface area contributed by atoms with E-state index in [-0.39, 0.29) is 11.7 Å². The van der Waals surface area contributed by atoms with E-state index in [9.17, 15) is 14.4 Å².